The molecule has 18 heavy (non-hydrogen) atoms. The average molecular weight is 350 g/mol. The van der Waals surface area contributed by atoms with E-state index in [9.17, 15) is 4.39 Å². The van der Waals surface area contributed by atoms with E-state index in [0.29, 0.717) is 26.9 Å². The predicted octanol–water partition coefficient (Wildman–Crippen LogP) is 5.77. The van der Waals surface area contributed by atoms with Crippen LogP contribution in [0.15, 0.2) is 40.9 Å². The molecule has 0 amide bonds. The largest absolute Gasteiger partial charge is 0.456 e. The first-order valence-electron chi connectivity index (χ1n) is 5.07. The molecule has 0 aliphatic rings. The van der Waals surface area contributed by atoms with Crippen LogP contribution < -0.4 is 4.74 Å². The van der Waals surface area contributed by atoms with Crippen LogP contribution in [0.2, 0.25) is 5.02 Å². The highest BCUT2D eigenvalue weighted by molar-refractivity contribution is 9.10. The van der Waals surface area contributed by atoms with E-state index < -0.39 is 0 Å². The molecule has 0 bridgehead atoms. The summed E-state index contributed by atoms with van der Waals surface area (Å²) in [5, 5.41) is 0.542. The van der Waals surface area contributed by atoms with Gasteiger partial charge in [0.15, 0.2) is 0 Å². The number of benzene rings is 2. The van der Waals surface area contributed by atoms with Gasteiger partial charge in [0, 0.05) is 10.9 Å². The van der Waals surface area contributed by atoms with E-state index in [1.54, 1.807) is 24.3 Å². The number of ether oxygens (including phenoxy) is 1. The molecule has 2 rings (SSSR count). The molecular weight excluding hydrogens is 342 g/mol. The van der Waals surface area contributed by atoms with Gasteiger partial charge in [-0.05, 0) is 51.8 Å². The van der Waals surface area contributed by atoms with E-state index in [-0.39, 0.29) is 5.82 Å². The quantitative estimate of drug-likeness (QED) is 0.639. The Hall–Kier alpha value is -0.770. The number of rotatable bonds is 3. The third-order valence-corrected chi connectivity index (χ3v) is 3.55. The van der Waals surface area contributed by atoms with Crippen LogP contribution in [0.4, 0.5) is 4.39 Å². The molecule has 0 spiro atoms. The smallest absolute Gasteiger partial charge is 0.141 e. The molecule has 0 atom stereocenters. The summed E-state index contributed by atoms with van der Waals surface area (Å²) in [6.45, 7) is 0. The summed E-state index contributed by atoms with van der Waals surface area (Å²) in [7, 11) is 0. The normalized spacial score (nSPS) is 10.4. The van der Waals surface area contributed by atoms with Gasteiger partial charge in [-0.2, -0.15) is 0 Å². The van der Waals surface area contributed by atoms with Crippen molar-refractivity contribution < 1.29 is 9.13 Å². The fourth-order valence-corrected chi connectivity index (χ4v) is 2.36. The van der Waals surface area contributed by atoms with Crippen LogP contribution >= 0.6 is 39.1 Å². The second-order valence-electron chi connectivity index (χ2n) is 3.56. The van der Waals surface area contributed by atoms with Gasteiger partial charge in [-0.25, -0.2) is 4.39 Å². The standard InChI is InChI=1S/C13H8BrCl2FO/c14-11-5-9(17)2-4-13(11)18-10-3-1-8(7-15)12(16)6-10/h1-6H,7H2. The lowest BCUT2D eigenvalue weighted by atomic mass is 10.2. The summed E-state index contributed by atoms with van der Waals surface area (Å²) in [4.78, 5) is 0. The molecule has 1 nitrogen and oxygen atoms in total. The molecule has 0 saturated heterocycles. The van der Waals surface area contributed by atoms with Crippen molar-refractivity contribution >= 4 is 39.1 Å². The summed E-state index contributed by atoms with van der Waals surface area (Å²) in [5.41, 5.74) is 0.837. The molecule has 0 fully saturated rings. The number of alkyl halides is 1. The molecule has 0 radical (unpaired) electrons. The van der Waals surface area contributed by atoms with Gasteiger partial charge < -0.3 is 4.74 Å². The van der Waals surface area contributed by atoms with Crippen LogP contribution in [0.3, 0.4) is 0 Å². The zero-order chi connectivity index (χ0) is 13.1. The van der Waals surface area contributed by atoms with Crippen molar-refractivity contribution in [1.29, 1.82) is 0 Å². The molecule has 0 aliphatic carbocycles. The highest BCUT2D eigenvalue weighted by Crippen LogP contribution is 2.32. The van der Waals surface area contributed by atoms with E-state index in [0.717, 1.165) is 5.56 Å². The summed E-state index contributed by atoms with van der Waals surface area (Å²) in [6.07, 6.45) is 0. The van der Waals surface area contributed by atoms with E-state index in [2.05, 4.69) is 15.9 Å². The Kier molecular flexibility index (Phi) is 4.49. The van der Waals surface area contributed by atoms with Crippen LogP contribution in [0.1, 0.15) is 5.56 Å². The van der Waals surface area contributed by atoms with Gasteiger partial charge in [-0.3, -0.25) is 0 Å². The van der Waals surface area contributed by atoms with Gasteiger partial charge in [0.25, 0.3) is 0 Å². The van der Waals surface area contributed by atoms with Crippen LogP contribution in [0.25, 0.3) is 0 Å². The second-order valence-corrected chi connectivity index (χ2v) is 5.09. The molecule has 0 aliphatic heterocycles. The maximum absolute atomic E-state index is 12.9. The minimum Gasteiger partial charge on any atom is -0.456 e. The highest BCUT2D eigenvalue weighted by atomic mass is 79.9. The van der Waals surface area contributed by atoms with E-state index in [1.165, 1.54) is 12.1 Å². The van der Waals surface area contributed by atoms with Crippen molar-refractivity contribution in [3.63, 3.8) is 0 Å². The molecular formula is C13H8BrCl2FO. The van der Waals surface area contributed by atoms with Crippen LogP contribution in [-0.2, 0) is 5.88 Å². The maximum Gasteiger partial charge on any atom is 0.141 e. The third-order valence-electron chi connectivity index (χ3n) is 2.29. The first-order chi connectivity index (χ1) is 8.60. The van der Waals surface area contributed by atoms with Gasteiger partial charge in [0.1, 0.15) is 17.3 Å². The van der Waals surface area contributed by atoms with Crippen molar-refractivity contribution in [1.82, 2.24) is 0 Å². The molecule has 94 valence electrons. The minimum absolute atomic E-state index is 0.329. The third kappa shape index (κ3) is 3.16. The maximum atomic E-state index is 12.9. The minimum atomic E-state index is -0.329. The first kappa shape index (κ1) is 13.7. The highest BCUT2D eigenvalue weighted by Gasteiger charge is 2.06. The molecule has 0 heterocycles. The number of halogens is 4. The van der Waals surface area contributed by atoms with Gasteiger partial charge in [0.05, 0.1) is 4.47 Å². The van der Waals surface area contributed by atoms with E-state index in [1.807, 2.05) is 0 Å². The molecule has 0 N–H and O–H groups in total. The molecule has 0 saturated carbocycles. The molecule has 5 heteroatoms. The Morgan fingerprint density at radius 2 is 1.94 bits per heavy atom. The van der Waals surface area contributed by atoms with Gasteiger partial charge in [0.2, 0.25) is 0 Å². The van der Waals surface area contributed by atoms with Gasteiger partial charge >= 0.3 is 0 Å². The number of hydrogen-bond donors (Lipinski definition) is 0. The summed E-state index contributed by atoms with van der Waals surface area (Å²) in [6, 6.07) is 9.44. The molecule has 0 unspecified atom stereocenters. The zero-order valence-electron chi connectivity index (χ0n) is 9.09. The first-order valence-corrected chi connectivity index (χ1v) is 6.78. The Labute approximate surface area is 123 Å². The van der Waals surface area contributed by atoms with E-state index >= 15 is 0 Å². The lowest BCUT2D eigenvalue weighted by Gasteiger charge is -2.09. The predicted molar refractivity (Wildman–Crippen MR) is 75.2 cm³/mol. The zero-order valence-corrected chi connectivity index (χ0v) is 12.2. The van der Waals surface area contributed by atoms with Crippen molar-refractivity contribution in [3.8, 4) is 11.5 Å². The molecule has 2 aromatic rings. The van der Waals surface area contributed by atoms with Gasteiger partial charge in [-0.1, -0.05) is 17.7 Å². The fourth-order valence-electron chi connectivity index (χ4n) is 1.38. The lowest BCUT2D eigenvalue weighted by Crippen LogP contribution is -1.88. The van der Waals surface area contributed by atoms with Crippen LogP contribution in [-0.4, -0.2) is 0 Å². The van der Waals surface area contributed by atoms with Crippen molar-refractivity contribution in [2.24, 2.45) is 0 Å². The Morgan fingerprint density at radius 3 is 2.56 bits per heavy atom. The topological polar surface area (TPSA) is 9.23 Å². The van der Waals surface area contributed by atoms with Crippen molar-refractivity contribution in [2.45, 2.75) is 5.88 Å². The van der Waals surface area contributed by atoms with Gasteiger partial charge in [-0.15, -0.1) is 11.6 Å². The number of hydrogen-bond acceptors (Lipinski definition) is 1. The SMILES string of the molecule is Fc1ccc(Oc2ccc(CCl)c(Cl)c2)c(Br)c1. The van der Waals surface area contributed by atoms with Crippen molar-refractivity contribution in [2.75, 3.05) is 0 Å². The Bertz CT molecular complexity index is 575. The van der Waals surface area contributed by atoms with Crippen LogP contribution in [0.5, 0.6) is 11.5 Å². The monoisotopic (exact) mass is 348 g/mol. The van der Waals surface area contributed by atoms with Crippen molar-refractivity contribution in [3.05, 3.63) is 57.3 Å². The summed E-state index contributed by atoms with van der Waals surface area (Å²) < 4.78 is 19.1. The lowest BCUT2D eigenvalue weighted by molar-refractivity contribution is 0.477. The average Bonchev–Trinajstić information content (AvgIpc) is 2.33. The summed E-state index contributed by atoms with van der Waals surface area (Å²) in [5.74, 6) is 1.11. The molecule has 2 aromatic carbocycles. The Morgan fingerprint density at radius 1 is 1.17 bits per heavy atom. The molecule has 0 aromatic heterocycles. The second kappa shape index (κ2) is 5.91. The van der Waals surface area contributed by atoms with Crippen LogP contribution in [0, 0.1) is 5.82 Å². The van der Waals surface area contributed by atoms with E-state index in [4.69, 9.17) is 27.9 Å². The fraction of sp³-hybridized carbons (Fsp3) is 0.0769. The summed E-state index contributed by atoms with van der Waals surface area (Å²) >= 11 is 15.0. The Balaban J connectivity index is 2.26.